The van der Waals surface area contributed by atoms with Crippen molar-refractivity contribution in [1.29, 1.82) is 0 Å². The highest BCUT2D eigenvalue weighted by Gasteiger charge is 2.11. The van der Waals surface area contributed by atoms with Crippen molar-refractivity contribution in [3.63, 3.8) is 0 Å². The maximum atomic E-state index is 10.4. The third kappa shape index (κ3) is 17.3. The molecule has 0 aliphatic carbocycles. The summed E-state index contributed by atoms with van der Waals surface area (Å²) in [5.41, 5.74) is 6.21. The fourth-order valence-corrected chi connectivity index (χ4v) is 2.07. The van der Waals surface area contributed by atoms with Crippen LogP contribution in [0.5, 0.6) is 0 Å². The number of benzene rings is 1. The predicted octanol–water partition coefficient (Wildman–Crippen LogP) is 2.47. The largest absolute Gasteiger partial charge is 0.481 e. The molecular weight excluding hydrogens is 352 g/mol. The third-order valence-corrected chi connectivity index (χ3v) is 3.18. The van der Waals surface area contributed by atoms with Gasteiger partial charge in [0, 0.05) is 19.5 Å². The van der Waals surface area contributed by atoms with Crippen LogP contribution in [-0.4, -0.2) is 61.0 Å². The summed E-state index contributed by atoms with van der Waals surface area (Å²) in [6, 6.07) is 9.93. The molecule has 0 spiro atoms. The Morgan fingerprint density at radius 2 is 1.69 bits per heavy atom. The van der Waals surface area contributed by atoms with Crippen molar-refractivity contribution >= 4 is 24.5 Å². The number of hydrogen-bond acceptors (Lipinski definition) is 5. The van der Waals surface area contributed by atoms with Gasteiger partial charge in [-0.15, -0.1) is 0 Å². The molecule has 1 aliphatic heterocycles. The Bertz CT molecular complexity index is 452. The molecule has 0 aromatic heterocycles. The second-order valence-electron chi connectivity index (χ2n) is 5.09. The number of carbonyl (C=O) groups is 2. The molecule has 1 aromatic carbocycles. The molecule has 1 heterocycles. The van der Waals surface area contributed by atoms with Gasteiger partial charge in [0.2, 0.25) is 5.91 Å². The first kappa shape index (κ1) is 26.7. The highest BCUT2D eigenvalue weighted by Crippen LogP contribution is 2.03. The van der Waals surface area contributed by atoms with E-state index >= 15 is 0 Å². The van der Waals surface area contributed by atoms with E-state index in [9.17, 15) is 9.59 Å². The van der Waals surface area contributed by atoms with Gasteiger partial charge in [0.1, 0.15) is 0 Å². The van der Waals surface area contributed by atoms with E-state index in [0.717, 1.165) is 25.9 Å². The lowest BCUT2D eigenvalue weighted by Gasteiger charge is -2.24. The number of aliphatic carboxylic acids is 1. The SMILES string of the molecule is CC.CS.NC(=O)CN1CCOCC1.O=C(O)CCCc1ccccc1. The number of carbonyl (C=O) groups excluding carboxylic acids is 1. The number of ether oxygens (including phenoxy) is 1. The predicted molar refractivity (Wildman–Crippen MR) is 110 cm³/mol. The number of carboxylic acids is 1. The summed E-state index contributed by atoms with van der Waals surface area (Å²) in [4.78, 5) is 22.6. The Kier molecular flexibility index (Phi) is 20.2. The molecular formula is C19H34N2O4S. The van der Waals surface area contributed by atoms with Gasteiger partial charge in [-0.05, 0) is 24.7 Å². The van der Waals surface area contributed by atoms with E-state index in [1.807, 2.05) is 49.1 Å². The minimum atomic E-state index is -0.717. The molecule has 1 aliphatic rings. The summed E-state index contributed by atoms with van der Waals surface area (Å²) in [6.45, 7) is 7.44. The van der Waals surface area contributed by atoms with Crippen molar-refractivity contribution in [2.75, 3.05) is 39.1 Å². The van der Waals surface area contributed by atoms with E-state index in [1.165, 1.54) is 5.56 Å². The van der Waals surface area contributed by atoms with Crippen LogP contribution in [0.25, 0.3) is 0 Å². The summed E-state index contributed by atoms with van der Waals surface area (Å²) >= 11 is 3.53. The van der Waals surface area contributed by atoms with Gasteiger partial charge < -0.3 is 15.6 Å². The van der Waals surface area contributed by atoms with Gasteiger partial charge in [0.05, 0.1) is 19.8 Å². The molecule has 7 heteroatoms. The molecule has 26 heavy (non-hydrogen) atoms. The molecule has 0 saturated carbocycles. The molecule has 0 radical (unpaired) electrons. The highest BCUT2D eigenvalue weighted by molar-refractivity contribution is 7.79. The van der Waals surface area contributed by atoms with E-state index in [0.29, 0.717) is 19.8 Å². The van der Waals surface area contributed by atoms with Crippen LogP contribution in [0.15, 0.2) is 30.3 Å². The first-order chi connectivity index (χ1) is 12.6. The van der Waals surface area contributed by atoms with Crippen LogP contribution in [0.1, 0.15) is 32.3 Å². The van der Waals surface area contributed by atoms with Crippen LogP contribution in [0.2, 0.25) is 0 Å². The number of carboxylic acid groups (broad SMARTS) is 1. The second-order valence-corrected chi connectivity index (χ2v) is 5.09. The molecule has 1 saturated heterocycles. The molecule has 0 atom stereocenters. The fraction of sp³-hybridized carbons (Fsp3) is 0.579. The molecule has 1 amide bonds. The smallest absolute Gasteiger partial charge is 0.303 e. The first-order valence-corrected chi connectivity index (χ1v) is 9.76. The van der Waals surface area contributed by atoms with Gasteiger partial charge in [-0.2, -0.15) is 12.6 Å². The van der Waals surface area contributed by atoms with E-state index < -0.39 is 5.97 Å². The normalized spacial score (nSPS) is 12.9. The number of primary amides is 1. The van der Waals surface area contributed by atoms with Gasteiger partial charge in [-0.1, -0.05) is 44.2 Å². The maximum Gasteiger partial charge on any atom is 0.303 e. The lowest BCUT2D eigenvalue weighted by atomic mass is 10.1. The standard InChI is InChI=1S/C10H12O2.C6H12N2O2.C2H6.CH4S/c11-10(12)8-4-7-9-5-2-1-3-6-9;7-6(9)5-8-1-3-10-4-2-8;2*1-2/h1-3,5-6H,4,7-8H2,(H,11,12);1-5H2,(H2,7,9);1-2H3;2H,1H3. The summed E-state index contributed by atoms with van der Waals surface area (Å²) in [6.07, 6.45) is 3.53. The van der Waals surface area contributed by atoms with Crippen LogP contribution < -0.4 is 5.73 Å². The van der Waals surface area contributed by atoms with Gasteiger partial charge in [0.25, 0.3) is 0 Å². The molecule has 1 aromatic rings. The van der Waals surface area contributed by atoms with Crippen LogP contribution in [0, 0.1) is 0 Å². The van der Waals surface area contributed by atoms with Gasteiger partial charge >= 0.3 is 5.97 Å². The van der Waals surface area contributed by atoms with Crippen LogP contribution in [-0.2, 0) is 20.7 Å². The zero-order chi connectivity index (χ0) is 20.2. The summed E-state index contributed by atoms with van der Waals surface area (Å²) in [5, 5.41) is 8.39. The average molecular weight is 387 g/mol. The number of rotatable bonds is 6. The number of nitrogens with two attached hydrogens (primary N) is 1. The number of aryl methyl sites for hydroxylation is 1. The summed E-state index contributed by atoms with van der Waals surface area (Å²) in [5.74, 6) is -0.979. The number of morpholine rings is 1. The minimum Gasteiger partial charge on any atom is -0.481 e. The zero-order valence-electron chi connectivity index (χ0n) is 16.2. The van der Waals surface area contributed by atoms with Gasteiger partial charge in [0.15, 0.2) is 0 Å². The Morgan fingerprint density at radius 3 is 2.15 bits per heavy atom. The Hall–Kier alpha value is -1.57. The molecule has 150 valence electrons. The molecule has 6 nitrogen and oxygen atoms in total. The number of nitrogens with zero attached hydrogens (tertiary/aromatic N) is 1. The molecule has 1 fully saturated rings. The summed E-state index contributed by atoms with van der Waals surface area (Å²) in [7, 11) is 0. The van der Waals surface area contributed by atoms with Crippen molar-refractivity contribution < 1.29 is 19.4 Å². The highest BCUT2D eigenvalue weighted by atomic mass is 32.1. The topological polar surface area (TPSA) is 92.9 Å². The quantitative estimate of drug-likeness (QED) is 0.653. The molecule has 2 rings (SSSR count). The Morgan fingerprint density at radius 1 is 1.15 bits per heavy atom. The van der Waals surface area contributed by atoms with Gasteiger partial charge in [-0.3, -0.25) is 14.5 Å². The summed E-state index contributed by atoms with van der Waals surface area (Å²) < 4.78 is 5.09. The van der Waals surface area contributed by atoms with Crippen molar-refractivity contribution in [2.45, 2.75) is 33.1 Å². The van der Waals surface area contributed by atoms with Crippen LogP contribution in [0.3, 0.4) is 0 Å². The Balaban J connectivity index is 0. The van der Waals surface area contributed by atoms with E-state index in [4.69, 9.17) is 15.6 Å². The number of amides is 1. The number of thiol groups is 1. The number of hydrogen-bond donors (Lipinski definition) is 3. The van der Waals surface area contributed by atoms with E-state index in [2.05, 4.69) is 12.6 Å². The minimum absolute atomic E-state index is 0.259. The van der Waals surface area contributed by atoms with E-state index in [-0.39, 0.29) is 12.3 Å². The lowest BCUT2D eigenvalue weighted by Crippen LogP contribution is -2.41. The van der Waals surface area contributed by atoms with Crippen molar-refractivity contribution in [3.8, 4) is 0 Å². The maximum absolute atomic E-state index is 10.4. The zero-order valence-corrected chi connectivity index (χ0v) is 17.1. The molecule has 0 bridgehead atoms. The van der Waals surface area contributed by atoms with Crippen molar-refractivity contribution in [3.05, 3.63) is 35.9 Å². The molecule has 0 unspecified atom stereocenters. The fourth-order valence-electron chi connectivity index (χ4n) is 2.07. The Labute approximate surface area is 163 Å². The van der Waals surface area contributed by atoms with Crippen LogP contribution in [0.4, 0.5) is 0 Å². The lowest BCUT2D eigenvalue weighted by molar-refractivity contribution is -0.137. The van der Waals surface area contributed by atoms with E-state index in [1.54, 1.807) is 6.26 Å². The second kappa shape index (κ2) is 19.8. The third-order valence-electron chi connectivity index (χ3n) is 3.18. The van der Waals surface area contributed by atoms with Gasteiger partial charge in [-0.25, -0.2) is 0 Å². The monoisotopic (exact) mass is 386 g/mol. The average Bonchev–Trinajstić information content (AvgIpc) is 2.66. The van der Waals surface area contributed by atoms with Crippen LogP contribution >= 0.6 is 12.6 Å². The van der Waals surface area contributed by atoms with Crippen molar-refractivity contribution in [1.82, 2.24) is 4.90 Å². The van der Waals surface area contributed by atoms with Crippen molar-refractivity contribution in [2.24, 2.45) is 5.73 Å². The molecule has 3 N–H and O–H groups in total. The first-order valence-electron chi connectivity index (χ1n) is 8.87.